The zero-order valence-corrected chi connectivity index (χ0v) is 16.2. The van der Waals surface area contributed by atoms with Gasteiger partial charge in [0.2, 0.25) is 0 Å². The second-order valence-corrected chi connectivity index (χ2v) is 7.36. The molecule has 6 heteroatoms. The van der Waals surface area contributed by atoms with Crippen molar-refractivity contribution in [2.45, 2.75) is 44.7 Å². The number of likely N-dealkylation sites (tertiary alicyclic amines) is 1. The van der Waals surface area contributed by atoms with Gasteiger partial charge in [-0.15, -0.1) is 0 Å². The molecule has 1 saturated heterocycles. The molecule has 1 N–H and O–H groups in total. The van der Waals surface area contributed by atoms with Crippen LogP contribution < -0.4 is 0 Å². The van der Waals surface area contributed by atoms with E-state index in [0.717, 1.165) is 36.1 Å². The van der Waals surface area contributed by atoms with Crippen LogP contribution in [0.2, 0.25) is 10.0 Å². The standard InChI is InChI=1S/C20H22Cl2N2O2/c1-2-13-9-10-16(23-12-13)19(14-6-5-7-15(21)18(14)22)24-11-4-3-8-17(24)20(25)26/h5-7,9-10,12,17,19H,2-4,8,11H2,1H3,(H,25,26). The summed E-state index contributed by atoms with van der Waals surface area (Å²) in [5.41, 5.74) is 2.72. The number of carboxylic acids is 1. The Bertz CT molecular complexity index is 780. The molecule has 4 nitrogen and oxygen atoms in total. The molecule has 1 aromatic carbocycles. The third kappa shape index (κ3) is 3.88. The topological polar surface area (TPSA) is 53.4 Å². The molecule has 26 heavy (non-hydrogen) atoms. The minimum absolute atomic E-state index is 0.339. The number of benzene rings is 1. The van der Waals surface area contributed by atoms with Gasteiger partial charge in [-0.1, -0.05) is 54.7 Å². The third-order valence-corrected chi connectivity index (χ3v) is 5.81. The zero-order valence-electron chi connectivity index (χ0n) is 14.7. The van der Waals surface area contributed by atoms with Crippen molar-refractivity contribution in [1.29, 1.82) is 0 Å². The van der Waals surface area contributed by atoms with Crippen LogP contribution in [0, 0.1) is 0 Å². The van der Waals surface area contributed by atoms with Crippen LogP contribution in [0.1, 0.15) is 49.0 Å². The normalized spacial score (nSPS) is 19.3. The number of rotatable bonds is 5. The average molecular weight is 393 g/mol. The molecule has 1 aliphatic heterocycles. The molecule has 1 aliphatic rings. The first-order valence-corrected chi connectivity index (χ1v) is 9.65. The fraction of sp³-hybridized carbons (Fsp3) is 0.400. The first kappa shape index (κ1) is 19.2. The van der Waals surface area contributed by atoms with E-state index < -0.39 is 12.0 Å². The second-order valence-electron chi connectivity index (χ2n) is 6.58. The molecule has 0 radical (unpaired) electrons. The highest BCUT2D eigenvalue weighted by molar-refractivity contribution is 6.42. The van der Waals surface area contributed by atoms with Crippen molar-refractivity contribution in [2.75, 3.05) is 6.54 Å². The molecule has 2 heterocycles. The summed E-state index contributed by atoms with van der Waals surface area (Å²) in [6.45, 7) is 2.76. The predicted octanol–water partition coefficient (Wildman–Crippen LogP) is 4.98. The van der Waals surface area contributed by atoms with E-state index in [4.69, 9.17) is 23.2 Å². The SMILES string of the molecule is CCc1ccc(C(c2cccc(Cl)c2Cl)N2CCCCC2C(=O)O)nc1. The summed E-state index contributed by atoms with van der Waals surface area (Å²) >= 11 is 12.8. The summed E-state index contributed by atoms with van der Waals surface area (Å²) in [5, 5.41) is 10.7. The molecule has 2 atom stereocenters. The summed E-state index contributed by atoms with van der Waals surface area (Å²) in [5.74, 6) is -0.807. The fourth-order valence-corrected chi connectivity index (χ4v) is 3.99. The highest BCUT2D eigenvalue weighted by Crippen LogP contribution is 2.39. The highest BCUT2D eigenvalue weighted by atomic mass is 35.5. The Labute approximate surface area is 163 Å². The monoisotopic (exact) mass is 392 g/mol. The minimum atomic E-state index is -0.807. The largest absolute Gasteiger partial charge is 0.480 e. The van der Waals surface area contributed by atoms with Crippen molar-refractivity contribution >= 4 is 29.2 Å². The summed E-state index contributed by atoms with van der Waals surface area (Å²) in [6.07, 6.45) is 5.23. The van der Waals surface area contributed by atoms with Gasteiger partial charge in [-0.3, -0.25) is 14.7 Å². The lowest BCUT2D eigenvalue weighted by Gasteiger charge is -2.39. The summed E-state index contributed by atoms with van der Waals surface area (Å²) in [7, 11) is 0. The van der Waals surface area contributed by atoms with E-state index in [1.807, 2.05) is 35.4 Å². The number of hydrogen-bond acceptors (Lipinski definition) is 3. The van der Waals surface area contributed by atoms with Gasteiger partial charge in [0.1, 0.15) is 6.04 Å². The van der Waals surface area contributed by atoms with Gasteiger partial charge in [0.05, 0.1) is 21.8 Å². The first-order valence-electron chi connectivity index (χ1n) is 8.90. The van der Waals surface area contributed by atoms with Crippen LogP contribution >= 0.6 is 23.2 Å². The van der Waals surface area contributed by atoms with Gasteiger partial charge in [0.15, 0.2) is 0 Å². The number of nitrogens with zero attached hydrogens (tertiary/aromatic N) is 2. The number of halogens is 2. The van der Waals surface area contributed by atoms with Crippen LogP contribution in [-0.4, -0.2) is 33.5 Å². The maximum Gasteiger partial charge on any atom is 0.320 e. The number of piperidine rings is 1. The number of hydrogen-bond donors (Lipinski definition) is 1. The van der Waals surface area contributed by atoms with Gasteiger partial charge < -0.3 is 5.11 Å². The van der Waals surface area contributed by atoms with Crippen LogP contribution in [0.15, 0.2) is 36.5 Å². The lowest BCUT2D eigenvalue weighted by molar-refractivity contribution is -0.145. The number of aliphatic carboxylic acids is 1. The van der Waals surface area contributed by atoms with E-state index in [2.05, 4.69) is 11.9 Å². The molecule has 2 unspecified atom stereocenters. The number of carbonyl (C=O) groups is 1. The fourth-order valence-electron chi connectivity index (χ4n) is 3.57. The molecule has 0 aliphatic carbocycles. The Hall–Kier alpha value is -1.62. The van der Waals surface area contributed by atoms with Crippen LogP contribution in [-0.2, 0) is 11.2 Å². The number of pyridine rings is 1. The first-order chi connectivity index (χ1) is 12.5. The Morgan fingerprint density at radius 3 is 2.77 bits per heavy atom. The quantitative estimate of drug-likeness (QED) is 0.779. The maximum atomic E-state index is 11.9. The molecule has 0 amide bonds. The van der Waals surface area contributed by atoms with E-state index in [9.17, 15) is 9.90 Å². The van der Waals surface area contributed by atoms with Gasteiger partial charge in [0.25, 0.3) is 0 Å². The van der Waals surface area contributed by atoms with E-state index in [1.165, 1.54) is 0 Å². The van der Waals surface area contributed by atoms with Crippen molar-refractivity contribution in [3.63, 3.8) is 0 Å². The van der Waals surface area contributed by atoms with Crippen molar-refractivity contribution in [3.8, 4) is 0 Å². The van der Waals surface area contributed by atoms with Crippen LogP contribution in [0.3, 0.4) is 0 Å². The third-order valence-electron chi connectivity index (χ3n) is 4.97. The van der Waals surface area contributed by atoms with Crippen molar-refractivity contribution < 1.29 is 9.90 Å². The van der Waals surface area contributed by atoms with Gasteiger partial charge in [-0.2, -0.15) is 0 Å². The summed E-state index contributed by atoms with van der Waals surface area (Å²) in [4.78, 5) is 18.5. The van der Waals surface area contributed by atoms with Crippen LogP contribution in [0.25, 0.3) is 0 Å². The van der Waals surface area contributed by atoms with Crippen LogP contribution in [0.5, 0.6) is 0 Å². The van der Waals surface area contributed by atoms with E-state index >= 15 is 0 Å². The van der Waals surface area contributed by atoms with Gasteiger partial charge in [-0.05, 0) is 49.1 Å². The smallest absolute Gasteiger partial charge is 0.320 e. The van der Waals surface area contributed by atoms with Gasteiger partial charge >= 0.3 is 5.97 Å². The summed E-state index contributed by atoms with van der Waals surface area (Å²) < 4.78 is 0. The van der Waals surface area contributed by atoms with E-state index in [-0.39, 0.29) is 6.04 Å². The van der Waals surface area contributed by atoms with Crippen molar-refractivity contribution in [3.05, 3.63) is 63.4 Å². The van der Waals surface area contributed by atoms with Crippen molar-refractivity contribution in [2.24, 2.45) is 0 Å². The average Bonchev–Trinajstić information content (AvgIpc) is 2.66. The Morgan fingerprint density at radius 2 is 2.12 bits per heavy atom. The maximum absolute atomic E-state index is 11.9. The Balaban J connectivity index is 2.11. The Kier molecular flexibility index (Phi) is 6.17. The summed E-state index contributed by atoms with van der Waals surface area (Å²) in [6, 6.07) is 8.59. The molecule has 138 valence electrons. The molecule has 1 fully saturated rings. The molecule has 1 aromatic heterocycles. The Morgan fingerprint density at radius 1 is 1.31 bits per heavy atom. The molecular weight excluding hydrogens is 371 g/mol. The molecular formula is C20H22Cl2N2O2. The zero-order chi connectivity index (χ0) is 18.7. The molecule has 0 bridgehead atoms. The van der Waals surface area contributed by atoms with Gasteiger partial charge in [-0.25, -0.2) is 0 Å². The second kappa shape index (κ2) is 8.38. The molecule has 0 spiro atoms. The van der Waals surface area contributed by atoms with Gasteiger partial charge in [0, 0.05) is 6.20 Å². The molecule has 0 saturated carbocycles. The van der Waals surface area contributed by atoms with E-state index in [0.29, 0.717) is 23.0 Å². The number of aryl methyl sites for hydroxylation is 1. The van der Waals surface area contributed by atoms with Crippen molar-refractivity contribution in [1.82, 2.24) is 9.88 Å². The molecule has 3 rings (SSSR count). The lowest BCUT2D eigenvalue weighted by Crippen LogP contribution is -2.47. The molecule has 2 aromatic rings. The predicted molar refractivity (Wildman–Crippen MR) is 104 cm³/mol. The minimum Gasteiger partial charge on any atom is -0.480 e. The van der Waals surface area contributed by atoms with E-state index in [1.54, 1.807) is 6.07 Å². The van der Waals surface area contributed by atoms with Crippen LogP contribution in [0.4, 0.5) is 0 Å². The highest BCUT2D eigenvalue weighted by Gasteiger charge is 2.36. The number of carboxylic acid groups (broad SMARTS) is 1. The number of aromatic nitrogens is 1. The lowest BCUT2D eigenvalue weighted by atomic mass is 9.94.